The number of carbonyl (C=O) groups is 2. The molecule has 0 saturated carbocycles. The normalized spacial score (nSPS) is 10.5. The minimum atomic E-state index is -0.458. The van der Waals surface area contributed by atoms with E-state index in [-0.39, 0.29) is 12.3 Å². The summed E-state index contributed by atoms with van der Waals surface area (Å²) >= 11 is 1.24. The molecule has 0 unspecified atom stereocenters. The molecule has 0 aliphatic heterocycles. The Kier molecular flexibility index (Phi) is 4.42. The van der Waals surface area contributed by atoms with Gasteiger partial charge < -0.3 is 14.6 Å². The lowest BCUT2D eigenvalue weighted by molar-refractivity contribution is -0.115. The molecule has 2 aromatic rings. The Labute approximate surface area is 126 Å². The highest BCUT2D eigenvalue weighted by atomic mass is 32.1. The molecule has 2 aromatic heterocycles. The van der Waals surface area contributed by atoms with Crippen LogP contribution < -0.4 is 5.32 Å². The van der Waals surface area contributed by atoms with E-state index in [1.54, 1.807) is 19.2 Å². The highest BCUT2D eigenvalue weighted by molar-refractivity contribution is 7.12. The van der Waals surface area contributed by atoms with E-state index in [0.717, 1.165) is 11.1 Å². The van der Waals surface area contributed by atoms with Gasteiger partial charge in [-0.2, -0.15) is 0 Å². The zero-order chi connectivity index (χ0) is 15.6. The van der Waals surface area contributed by atoms with Crippen molar-refractivity contribution in [2.75, 3.05) is 12.4 Å². The smallest absolute Gasteiger partial charge is 0.350 e. The fourth-order valence-corrected chi connectivity index (χ4v) is 2.86. The summed E-state index contributed by atoms with van der Waals surface area (Å²) < 4.78 is 9.74. The molecule has 2 rings (SSSR count). The summed E-state index contributed by atoms with van der Waals surface area (Å²) in [5, 5.41) is 8.39. The van der Waals surface area contributed by atoms with Gasteiger partial charge in [-0.15, -0.1) is 11.3 Å². The molecule has 0 radical (unpaired) electrons. The third kappa shape index (κ3) is 3.13. The minimum absolute atomic E-state index is 0.150. The van der Waals surface area contributed by atoms with E-state index in [1.165, 1.54) is 18.4 Å². The van der Waals surface area contributed by atoms with Crippen molar-refractivity contribution >= 4 is 28.9 Å². The van der Waals surface area contributed by atoms with E-state index >= 15 is 0 Å². The largest absolute Gasteiger partial charge is 0.465 e. The van der Waals surface area contributed by atoms with Gasteiger partial charge in [0, 0.05) is 5.56 Å². The third-order valence-electron chi connectivity index (χ3n) is 3.13. The number of methoxy groups -OCH3 is 1. The number of aryl methyl sites for hydroxylation is 3. The molecule has 0 aromatic carbocycles. The van der Waals surface area contributed by atoms with E-state index < -0.39 is 5.97 Å². The highest BCUT2D eigenvalue weighted by Crippen LogP contribution is 2.28. The van der Waals surface area contributed by atoms with Crippen molar-refractivity contribution < 1.29 is 18.8 Å². The third-order valence-corrected chi connectivity index (χ3v) is 4.21. The van der Waals surface area contributed by atoms with Gasteiger partial charge in [0.1, 0.15) is 10.6 Å². The van der Waals surface area contributed by atoms with Crippen LogP contribution in [-0.4, -0.2) is 24.1 Å². The maximum absolute atomic E-state index is 12.2. The molecule has 1 N–H and O–H groups in total. The number of nitrogens with zero attached hydrogens (tertiary/aromatic N) is 1. The minimum Gasteiger partial charge on any atom is -0.465 e. The zero-order valence-corrected chi connectivity index (χ0v) is 13.1. The molecule has 112 valence electrons. The molecule has 0 aliphatic carbocycles. The number of nitrogens with one attached hydrogen (secondary N) is 1. The van der Waals surface area contributed by atoms with Crippen molar-refractivity contribution in [3.8, 4) is 0 Å². The Balaban J connectivity index is 2.17. The van der Waals surface area contributed by atoms with Crippen LogP contribution in [0.5, 0.6) is 0 Å². The SMILES string of the molecule is COC(=O)c1scc(C)c1NC(=O)Cc1c(C)noc1C. The van der Waals surface area contributed by atoms with Crippen LogP contribution in [0.25, 0.3) is 0 Å². The van der Waals surface area contributed by atoms with E-state index in [1.807, 2.05) is 6.92 Å². The molecular formula is C14H16N2O4S. The van der Waals surface area contributed by atoms with Crippen molar-refractivity contribution in [3.63, 3.8) is 0 Å². The average Bonchev–Trinajstić information content (AvgIpc) is 2.96. The number of amides is 1. The Bertz CT molecular complexity index is 668. The Morgan fingerprint density at radius 3 is 2.67 bits per heavy atom. The standard InChI is InChI=1S/C14H16N2O4S/c1-7-6-21-13(14(18)19-4)12(7)15-11(17)5-10-8(2)16-20-9(10)3/h6H,5H2,1-4H3,(H,15,17). The molecule has 0 saturated heterocycles. The van der Waals surface area contributed by atoms with E-state index in [4.69, 9.17) is 9.26 Å². The second-order valence-corrected chi connectivity index (χ2v) is 5.52. The van der Waals surface area contributed by atoms with Crippen molar-refractivity contribution in [2.24, 2.45) is 0 Å². The van der Waals surface area contributed by atoms with Crippen molar-refractivity contribution in [1.29, 1.82) is 0 Å². The monoisotopic (exact) mass is 308 g/mol. The van der Waals surface area contributed by atoms with E-state index in [9.17, 15) is 9.59 Å². The van der Waals surface area contributed by atoms with Crippen molar-refractivity contribution in [2.45, 2.75) is 27.2 Å². The number of ether oxygens (including phenoxy) is 1. The summed E-state index contributed by atoms with van der Waals surface area (Å²) in [5.41, 5.74) is 2.79. The van der Waals surface area contributed by atoms with Crippen LogP contribution in [0.15, 0.2) is 9.90 Å². The number of hydrogen-bond donors (Lipinski definition) is 1. The van der Waals surface area contributed by atoms with Crippen molar-refractivity contribution in [3.05, 3.63) is 32.8 Å². The van der Waals surface area contributed by atoms with Crippen LogP contribution >= 0.6 is 11.3 Å². The molecule has 0 aliphatic rings. The maximum atomic E-state index is 12.2. The fraction of sp³-hybridized carbons (Fsp3) is 0.357. The molecular weight excluding hydrogens is 292 g/mol. The summed E-state index contributed by atoms with van der Waals surface area (Å²) in [6, 6.07) is 0. The van der Waals surface area contributed by atoms with Crippen LogP contribution in [-0.2, 0) is 16.0 Å². The van der Waals surface area contributed by atoms with Gasteiger partial charge in [0.2, 0.25) is 5.91 Å². The van der Waals surface area contributed by atoms with Gasteiger partial charge in [-0.1, -0.05) is 5.16 Å². The lowest BCUT2D eigenvalue weighted by Crippen LogP contribution is -2.17. The average molecular weight is 308 g/mol. The number of esters is 1. The Hall–Kier alpha value is -2.15. The topological polar surface area (TPSA) is 81.4 Å². The maximum Gasteiger partial charge on any atom is 0.350 e. The van der Waals surface area contributed by atoms with Crippen LogP contribution in [0.2, 0.25) is 0 Å². The van der Waals surface area contributed by atoms with Gasteiger partial charge in [-0.05, 0) is 31.7 Å². The summed E-state index contributed by atoms with van der Waals surface area (Å²) in [4.78, 5) is 24.2. The van der Waals surface area contributed by atoms with Crippen LogP contribution in [0.1, 0.15) is 32.3 Å². The first-order valence-electron chi connectivity index (χ1n) is 6.32. The van der Waals surface area contributed by atoms with Gasteiger partial charge in [0.25, 0.3) is 0 Å². The van der Waals surface area contributed by atoms with Gasteiger partial charge in [0.15, 0.2) is 0 Å². The number of anilines is 1. The number of thiophene rings is 1. The molecule has 21 heavy (non-hydrogen) atoms. The molecule has 1 amide bonds. The molecule has 0 atom stereocenters. The second kappa shape index (κ2) is 6.09. The van der Waals surface area contributed by atoms with Gasteiger partial charge in [0.05, 0.1) is 24.9 Å². The Morgan fingerprint density at radius 1 is 1.38 bits per heavy atom. The summed E-state index contributed by atoms with van der Waals surface area (Å²) in [6.07, 6.45) is 0.150. The van der Waals surface area contributed by atoms with Gasteiger partial charge in [-0.25, -0.2) is 4.79 Å². The van der Waals surface area contributed by atoms with Crippen LogP contribution in [0.4, 0.5) is 5.69 Å². The predicted octanol–water partition coefficient (Wildman–Crippen LogP) is 2.63. The van der Waals surface area contributed by atoms with Crippen LogP contribution in [0, 0.1) is 20.8 Å². The number of rotatable bonds is 4. The summed E-state index contributed by atoms with van der Waals surface area (Å²) in [6.45, 7) is 5.38. The molecule has 6 nitrogen and oxygen atoms in total. The number of aromatic nitrogens is 1. The van der Waals surface area contributed by atoms with Gasteiger partial charge >= 0.3 is 5.97 Å². The summed E-state index contributed by atoms with van der Waals surface area (Å²) in [7, 11) is 1.31. The first kappa shape index (κ1) is 15.2. The predicted molar refractivity (Wildman–Crippen MR) is 78.7 cm³/mol. The second-order valence-electron chi connectivity index (χ2n) is 4.64. The first-order chi connectivity index (χ1) is 9.93. The first-order valence-corrected chi connectivity index (χ1v) is 7.20. The molecule has 0 fully saturated rings. The molecule has 2 heterocycles. The molecule has 0 bridgehead atoms. The van der Waals surface area contributed by atoms with E-state index in [2.05, 4.69) is 10.5 Å². The van der Waals surface area contributed by atoms with Crippen molar-refractivity contribution in [1.82, 2.24) is 5.16 Å². The summed E-state index contributed by atoms with van der Waals surface area (Å²) in [5.74, 6) is -0.0605. The molecule has 0 spiro atoms. The lowest BCUT2D eigenvalue weighted by Gasteiger charge is -2.07. The number of hydrogen-bond acceptors (Lipinski definition) is 6. The number of carbonyl (C=O) groups excluding carboxylic acids is 2. The molecule has 7 heteroatoms. The zero-order valence-electron chi connectivity index (χ0n) is 12.3. The highest BCUT2D eigenvalue weighted by Gasteiger charge is 2.20. The van der Waals surface area contributed by atoms with Crippen LogP contribution in [0.3, 0.4) is 0 Å². The van der Waals surface area contributed by atoms with E-state index in [0.29, 0.717) is 22.0 Å². The fourth-order valence-electron chi connectivity index (χ4n) is 1.94. The van der Waals surface area contributed by atoms with Gasteiger partial charge in [-0.3, -0.25) is 4.79 Å². The lowest BCUT2D eigenvalue weighted by atomic mass is 10.1. The Morgan fingerprint density at radius 2 is 2.10 bits per heavy atom. The quantitative estimate of drug-likeness (QED) is 0.878.